The van der Waals surface area contributed by atoms with Crippen molar-refractivity contribution in [3.63, 3.8) is 0 Å². The molecule has 7 heteroatoms. The molecule has 1 saturated carbocycles. The maximum absolute atomic E-state index is 12.1. The molecule has 1 heterocycles. The van der Waals surface area contributed by atoms with Gasteiger partial charge in [0.05, 0.1) is 0 Å². The van der Waals surface area contributed by atoms with E-state index in [1.165, 1.54) is 0 Å². The first-order chi connectivity index (χ1) is 12.1. The maximum Gasteiger partial charge on any atom is 0.251 e. The molecule has 1 aromatic carbocycles. The zero-order chi connectivity index (χ0) is 17.6. The second-order valence-corrected chi connectivity index (χ2v) is 7.27. The number of hydrogen-bond donors (Lipinski definition) is 4. The van der Waals surface area contributed by atoms with Crippen molar-refractivity contribution >= 4 is 23.4 Å². The van der Waals surface area contributed by atoms with Crippen LogP contribution in [0, 0.1) is 5.92 Å². The van der Waals surface area contributed by atoms with E-state index in [4.69, 9.17) is 11.6 Å². The zero-order valence-electron chi connectivity index (χ0n) is 14.2. The monoisotopic (exact) mass is 364 g/mol. The molecule has 2 amide bonds. The fraction of sp³-hybridized carbons (Fsp3) is 0.556. The van der Waals surface area contributed by atoms with Gasteiger partial charge in [-0.3, -0.25) is 20.4 Å². The highest BCUT2D eigenvalue weighted by molar-refractivity contribution is 6.30. The summed E-state index contributed by atoms with van der Waals surface area (Å²) in [6, 6.07) is 7.58. The lowest BCUT2D eigenvalue weighted by molar-refractivity contribution is -0.122. The van der Waals surface area contributed by atoms with Crippen LogP contribution in [0.3, 0.4) is 0 Å². The third-order valence-electron chi connectivity index (χ3n) is 4.97. The summed E-state index contributed by atoms with van der Waals surface area (Å²) in [5, 5.41) is 6.57. The fourth-order valence-corrected chi connectivity index (χ4v) is 3.71. The minimum Gasteiger partial charge on any atom is -0.353 e. The highest BCUT2D eigenvalue weighted by Gasteiger charge is 2.34. The summed E-state index contributed by atoms with van der Waals surface area (Å²) >= 11 is 5.80. The van der Waals surface area contributed by atoms with Crippen molar-refractivity contribution in [1.29, 1.82) is 0 Å². The van der Waals surface area contributed by atoms with E-state index in [2.05, 4.69) is 21.5 Å². The number of benzene rings is 1. The topological polar surface area (TPSA) is 82.3 Å². The Balaban J connectivity index is 1.31. The molecular weight excluding hydrogens is 340 g/mol. The van der Waals surface area contributed by atoms with E-state index in [1.807, 2.05) is 0 Å². The van der Waals surface area contributed by atoms with Crippen molar-refractivity contribution in [1.82, 2.24) is 21.5 Å². The smallest absolute Gasteiger partial charge is 0.251 e. The van der Waals surface area contributed by atoms with Gasteiger partial charge in [-0.2, -0.15) is 0 Å². The van der Waals surface area contributed by atoms with Crippen LogP contribution in [0.25, 0.3) is 0 Å². The quantitative estimate of drug-likeness (QED) is 0.578. The summed E-state index contributed by atoms with van der Waals surface area (Å²) in [4.78, 5) is 24.0. The summed E-state index contributed by atoms with van der Waals surface area (Å²) in [6.07, 6.45) is 4.22. The Kier molecular flexibility index (Phi) is 6.29. The average Bonchev–Trinajstić information content (AvgIpc) is 3.07. The van der Waals surface area contributed by atoms with E-state index in [1.54, 1.807) is 24.3 Å². The molecule has 1 aromatic rings. The Morgan fingerprint density at radius 1 is 1.20 bits per heavy atom. The van der Waals surface area contributed by atoms with Gasteiger partial charge in [0, 0.05) is 42.2 Å². The van der Waals surface area contributed by atoms with Gasteiger partial charge in [-0.15, -0.1) is 0 Å². The molecule has 1 aliphatic carbocycles. The lowest BCUT2D eigenvalue weighted by Crippen LogP contribution is -2.44. The van der Waals surface area contributed by atoms with Crippen molar-refractivity contribution in [2.24, 2.45) is 5.92 Å². The van der Waals surface area contributed by atoms with E-state index in [0.29, 0.717) is 41.9 Å². The van der Waals surface area contributed by atoms with Crippen molar-refractivity contribution in [3.05, 3.63) is 34.9 Å². The number of halogens is 1. The summed E-state index contributed by atoms with van der Waals surface area (Å²) in [6.45, 7) is 1.46. The van der Waals surface area contributed by atoms with Gasteiger partial charge >= 0.3 is 0 Å². The van der Waals surface area contributed by atoms with Crippen LogP contribution in [0.1, 0.15) is 42.5 Å². The first-order valence-corrected chi connectivity index (χ1v) is 9.31. The molecule has 1 saturated heterocycles. The highest BCUT2D eigenvalue weighted by Crippen LogP contribution is 2.26. The second kappa shape index (κ2) is 8.65. The number of hydrazine groups is 1. The van der Waals surface area contributed by atoms with E-state index in [0.717, 1.165) is 25.8 Å². The predicted octanol–water partition coefficient (Wildman–Crippen LogP) is 1.61. The fourth-order valence-electron chi connectivity index (χ4n) is 3.59. The second-order valence-electron chi connectivity index (χ2n) is 6.84. The van der Waals surface area contributed by atoms with Crippen molar-refractivity contribution in [3.8, 4) is 0 Å². The molecule has 1 aliphatic heterocycles. The van der Waals surface area contributed by atoms with Crippen LogP contribution in [-0.2, 0) is 4.79 Å². The largest absolute Gasteiger partial charge is 0.353 e. The molecule has 0 radical (unpaired) electrons. The van der Waals surface area contributed by atoms with Crippen molar-refractivity contribution < 1.29 is 9.59 Å². The van der Waals surface area contributed by atoms with E-state index >= 15 is 0 Å². The third kappa shape index (κ3) is 5.17. The Morgan fingerprint density at radius 2 is 2.00 bits per heavy atom. The Labute approximate surface area is 153 Å². The molecule has 0 aromatic heterocycles. The van der Waals surface area contributed by atoms with Gasteiger partial charge in [0.1, 0.15) is 0 Å². The molecular formula is C18H25ClN4O2. The molecule has 4 N–H and O–H groups in total. The summed E-state index contributed by atoms with van der Waals surface area (Å²) in [5.74, 6) is 0.539. The molecule has 2 fully saturated rings. The van der Waals surface area contributed by atoms with Crippen LogP contribution < -0.4 is 21.5 Å². The van der Waals surface area contributed by atoms with Gasteiger partial charge < -0.3 is 10.6 Å². The summed E-state index contributed by atoms with van der Waals surface area (Å²) in [5.41, 5.74) is 7.06. The number of fused-ring (bicyclic) bond motifs is 1. The Hall–Kier alpha value is -1.63. The minimum absolute atomic E-state index is 0.0723. The normalized spacial score (nSPS) is 25.2. The number of carbonyl (C=O) groups is 2. The van der Waals surface area contributed by atoms with Crippen LogP contribution in [-0.4, -0.2) is 37.0 Å². The lowest BCUT2D eigenvalue weighted by Gasteiger charge is -2.31. The zero-order valence-corrected chi connectivity index (χ0v) is 14.9. The molecule has 3 rings (SSSR count). The first kappa shape index (κ1) is 18.2. The van der Waals surface area contributed by atoms with Crippen LogP contribution in [0.2, 0.25) is 5.02 Å². The predicted molar refractivity (Wildman–Crippen MR) is 97.2 cm³/mol. The number of hydrogen-bond acceptors (Lipinski definition) is 4. The standard InChI is InChI=1S/C18H25ClN4O2/c19-14-5-3-12(4-6-14)18(25)20-9-1-2-17(24)22-15-7-8-16-13(10-15)11-21-23-16/h3-6,13,15-16,21,23H,1-2,7-11H2,(H,20,25)(H,22,24). The number of carbonyl (C=O) groups excluding carboxylic acids is 2. The molecule has 136 valence electrons. The molecule has 3 atom stereocenters. The molecule has 3 unspecified atom stereocenters. The summed E-state index contributed by atoms with van der Waals surface area (Å²) in [7, 11) is 0. The highest BCUT2D eigenvalue weighted by atomic mass is 35.5. The molecule has 25 heavy (non-hydrogen) atoms. The Bertz CT molecular complexity index is 608. The lowest BCUT2D eigenvalue weighted by atomic mass is 9.83. The number of rotatable bonds is 6. The van der Waals surface area contributed by atoms with Gasteiger partial charge in [0.25, 0.3) is 5.91 Å². The first-order valence-electron chi connectivity index (χ1n) is 8.93. The van der Waals surface area contributed by atoms with Gasteiger partial charge in [0.15, 0.2) is 0 Å². The van der Waals surface area contributed by atoms with E-state index in [-0.39, 0.29) is 17.9 Å². The van der Waals surface area contributed by atoms with Crippen molar-refractivity contribution in [2.75, 3.05) is 13.1 Å². The Morgan fingerprint density at radius 3 is 2.80 bits per heavy atom. The third-order valence-corrected chi connectivity index (χ3v) is 5.22. The average molecular weight is 365 g/mol. The van der Waals surface area contributed by atoms with Crippen molar-refractivity contribution in [2.45, 2.75) is 44.2 Å². The molecule has 6 nitrogen and oxygen atoms in total. The van der Waals surface area contributed by atoms with Gasteiger partial charge in [0.2, 0.25) is 5.91 Å². The van der Waals surface area contributed by atoms with Crippen LogP contribution >= 0.6 is 11.6 Å². The summed E-state index contributed by atoms with van der Waals surface area (Å²) < 4.78 is 0. The van der Waals surface area contributed by atoms with Gasteiger partial charge in [-0.05, 0) is 55.9 Å². The van der Waals surface area contributed by atoms with E-state index in [9.17, 15) is 9.59 Å². The minimum atomic E-state index is -0.142. The van der Waals surface area contributed by atoms with Crippen LogP contribution in [0.15, 0.2) is 24.3 Å². The van der Waals surface area contributed by atoms with Crippen LogP contribution in [0.4, 0.5) is 0 Å². The number of amides is 2. The maximum atomic E-state index is 12.1. The SMILES string of the molecule is O=C(CCCNC(=O)c1ccc(Cl)cc1)NC1CCC2NNCC2C1. The van der Waals surface area contributed by atoms with E-state index < -0.39 is 0 Å². The number of nitrogens with one attached hydrogen (secondary N) is 4. The van der Waals surface area contributed by atoms with Gasteiger partial charge in [-0.25, -0.2) is 0 Å². The molecule has 2 aliphatic rings. The molecule has 0 bridgehead atoms. The van der Waals surface area contributed by atoms with Crippen LogP contribution in [0.5, 0.6) is 0 Å². The van der Waals surface area contributed by atoms with Gasteiger partial charge in [-0.1, -0.05) is 11.6 Å². The molecule has 0 spiro atoms.